The van der Waals surface area contributed by atoms with Crippen molar-refractivity contribution in [3.05, 3.63) is 76.2 Å². The van der Waals surface area contributed by atoms with Crippen molar-refractivity contribution in [2.24, 2.45) is 5.10 Å². The van der Waals surface area contributed by atoms with Crippen LogP contribution in [0.1, 0.15) is 45.9 Å². The molecule has 0 radical (unpaired) electrons. The van der Waals surface area contributed by atoms with E-state index in [0.29, 0.717) is 18.5 Å². The second-order valence-corrected chi connectivity index (χ2v) is 8.91. The quantitative estimate of drug-likeness (QED) is 0.235. The molecule has 0 unspecified atom stereocenters. The number of hydrogen-bond donors (Lipinski definition) is 2. The van der Waals surface area contributed by atoms with Gasteiger partial charge in [-0.15, -0.1) is 10.2 Å². The van der Waals surface area contributed by atoms with E-state index in [1.807, 2.05) is 63.2 Å². The van der Waals surface area contributed by atoms with Crippen LogP contribution in [0.4, 0.5) is 11.6 Å². The molecule has 3 rings (SSSR count). The van der Waals surface area contributed by atoms with Crippen molar-refractivity contribution in [1.82, 2.24) is 14.9 Å². The van der Waals surface area contributed by atoms with Crippen LogP contribution in [0, 0.1) is 0 Å². The Labute approximate surface area is 193 Å². The SMILES string of the molecule is CC(C)N(COc1ccc(/C=N/Nc2nnc(C(C)(C)C)c(=O)n2N)cc1)c1ccccc1. The van der Waals surface area contributed by atoms with Crippen LogP contribution in [-0.4, -0.2) is 33.9 Å². The van der Waals surface area contributed by atoms with E-state index in [2.05, 4.69) is 51.6 Å². The topological polar surface area (TPSA) is 111 Å². The minimum absolute atomic E-state index is 0.0545. The van der Waals surface area contributed by atoms with Crippen LogP contribution >= 0.6 is 0 Å². The predicted octanol–water partition coefficient (Wildman–Crippen LogP) is 3.35. The highest BCUT2D eigenvalue weighted by molar-refractivity contribution is 5.80. The van der Waals surface area contributed by atoms with Crippen LogP contribution in [0.25, 0.3) is 0 Å². The second-order valence-electron chi connectivity index (χ2n) is 8.91. The van der Waals surface area contributed by atoms with Crippen molar-refractivity contribution in [3.8, 4) is 5.75 Å². The fourth-order valence-corrected chi connectivity index (χ4v) is 3.05. The first kappa shape index (κ1) is 23.8. The number of para-hydroxylation sites is 1. The van der Waals surface area contributed by atoms with Crippen molar-refractivity contribution in [2.45, 2.75) is 46.1 Å². The number of benzene rings is 2. The molecule has 0 saturated carbocycles. The first-order valence-corrected chi connectivity index (χ1v) is 10.8. The maximum absolute atomic E-state index is 12.4. The molecule has 2 aromatic carbocycles. The molecular weight excluding hydrogens is 418 g/mol. The zero-order valence-electron chi connectivity index (χ0n) is 19.7. The summed E-state index contributed by atoms with van der Waals surface area (Å²) >= 11 is 0. The van der Waals surface area contributed by atoms with Gasteiger partial charge in [-0.05, 0) is 55.8 Å². The lowest BCUT2D eigenvalue weighted by molar-refractivity contribution is 0.304. The van der Waals surface area contributed by atoms with Crippen LogP contribution in [0.2, 0.25) is 0 Å². The molecular formula is C24H31N7O2. The summed E-state index contributed by atoms with van der Waals surface area (Å²) in [4.78, 5) is 14.6. The molecule has 174 valence electrons. The first-order chi connectivity index (χ1) is 15.7. The number of nitrogen functional groups attached to an aromatic ring is 1. The molecule has 0 bridgehead atoms. The van der Waals surface area contributed by atoms with Gasteiger partial charge in [0, 0.05) is 17.1 Å². The van der Waals surface area contributed by atoms with Gasteiger partial charge in [0.05, 0.1) is 6.21 Å². The maximum atomic E-state index is 12.4. The summed E-state index contributed by atoms with van der Waals surface area (Å²) in [5.74, 6) is 6.65. The molecule has 0 fully saturated rings. The van der Waals surface area contributed by atoms with Crippen molar-refractivity contribution >= 4 is 17.9 Å². The molecule has 0 aliphatic heterocycles. The highest BCUT2D eigenvalue weighted by atomic mass is 16.5. The van der Waals surface area contributed by atoms with Gasteiger partial charge in [0.1, 0.15) is 11.4 Å². The number of rotatable bonds is 8. The summed E-state index contributed by atoms with van der Waals surface area (Å²) in [6.07, 6.45) is 1.60. The summed E-state index contributed by atoms with van der Waals surface area (Å²) in [5.41, 5.74) is 4.03. The largest absolute Gasteiger partial charge is 0.473 e. The number of hydrazone groups is 1. The second kappa shape index (κ2) is 10.2. The Balaban J connectivity index is 1.61. The third-order valence-electron chi connectivity index (χ3n) is 4.94. The van der Waals surface area contributed by atoms with Gasteiger partial charge >= 0.3 is 0 Å². The summed E-state index contributed by atoms with van der Waals surface area (Å²) in [7, 11) is 0. The predicted molar refractivity (Wildman–Crippen MR) is 132 cm³/mol. The Bertz CT molecular complexity index is 1130. The number of aromatic nitrogens is 3. The van der Waals surface area contributed by atoms with Gasteiger partial charge < -0.3 is 15.5 Å². The van der Waals surface area contributed by atoms with Crippen molar-refractivity contribution in [1.29, 1.82) is 0 Å². The molecule has 9 nitrogen and oxygen atoms in total. The maximum Gasteiger partial charge on any atom is 0.295 e. The van der Waals surface area contributed by atoms with Gasteiger partial charge in [0.25, 0.3) is 11.5 Å². The average Bonchev–Trinajstić information content (AvgIpc) is 2.77. The lowest BCUT2D eigenvalue weighted by Crippen LogP contribution is -2.38. The van der Waals surface area contributed by atoms with E-state index in [4.69, 9.17) is 10.6 Å². The molecule has 33 heavy (non-hydrogen) atoms. The summed E-state index contributed by atoms with van der Waals surface area (Å²) in [6, 6.07) is 18.0. The standard InChI is InChI=1S/C24H31N7O2/c1-17(2)30(19-9-7-6-8-10-19)16-33-20-13-11-18(12-14-20)15-26-28-23-29-27-21(24(3,4)5)22(32)31(23)25/h6-15,17H,16,25H2,1-5H3,(H,28,29)/b26-15+. The van der Waals surface area contributed by atoms with Crippen LogP contribution in [-0.2, 0) is 5.41 Å². The molecule has 0 aliphatic rings. The Morgan fingerprint density at radius 1 is 1.12 bits per heavy atom. The smallest absolute Gasteiger partial charge is 0.295 e. The van der Waals surface area contributed by atoms with Crippen LogP contribution in [0.15, 0.2) is 64.5 Å². The minimum atomic E-state index is -0.454. The molecule has 0 aliphatic carbocycles. The van der Waals surface area contributed by atoms with Gasteiger partial charge in [0.15, 0.2) is 6.73 Å². The molecule has 1 heterocycles. The molecule has 1 aromatic heterocycles. The van der Waals surface area contributed by atoms with E-state index >= 15 is 0 Å². The molecule has 3 aromatic rings. The van der Waals surface area contributed by atoms with Gasteiger partial charge in [-0.25, -0.2) is 5.43 Å². The number of nitrogens with zero attached hydrogens (tertiary/aromatic N) is 5. The van der Waals surface area contributed by atoms with E-state index in [1.54, 1.807) is 6.21 Å². The monoisotopic (exact) mass is 449 g/mol. The number of nitrogens with one attached hydrogen (secondary N) is 1. The fourth-order valence-electron chi connectivity index (χ4n) is 3.05. The fraction of sp³-hybridized carbons (Fsp3) is 0.333. The van der Waals surface area contributed by atoms with E-state index in [9.17, 15) is 4.79 Å². The zero-order chi connectivity index (χ0) is 24.0. The number of ether oxygens (including phenoxy) is 1. The first-order valence-electron chi connectivity index (χ1n) is 10.8. The molecule has 0 atom stereocenters. The summed E-state index contributed by atoms with van der Waals surface area (Å²) < 4.78 is 6.88. The van der Waals surface area contributed by atoms with Crippen molar-refractivity contribution in [2.75, 3.05) is 22.9 Å². The number of nitrogens with two attached hydrogens (primary N) is 1. The van der Waals surface area contributed by atoms with Gasteiger partial charge in [0.2, 0.25) is 0 Å². The van der Waals surface area contributed by atoms with Crippen molar-refractivity contribution in [3.63, 3.8) is 0 Å². The highest BCUT2D eigenvalue weighted by Crippen LogP contribution is 2.19. The molecule has 3 N–H and O–H groups in total. The van der Waals surface area contributed by atoms with Gasteiger partial charge in [-0.2, -0.15) is 9.78 Å². The Hall–Kier alpha value is -3.88. The van der Waals surface area contributed by atoms with Gasteiger partial charge in [-0.1, -0.05) is 39.0 Å². The summed E-state index contributed by atoms with van der Waals surface area (Å²) in [6.45, 7) is 10.3. The zero-order valence-corrected chi connectivity index (χ0v) is 19.7. The number of anilines is 2. The molecule has 9 heteroatoms. The Kier molecular flexibility index (Phi) is 7.32. The highest BCUT2D eigenvalue weighted by Gasteiger charge is 2.22. The lowest BCUT2D eigenvalue weighted by Gasteiger charge is -2.28. The molecule has 0 saturated heterocycles. The third kappa shape index (κ3) is 6.09. The van der Waals surface area contributed by atoms with Gasteiger partial charge in [-0.3, -0.25) is 4.79 Å². The van der Waals surface area contributed by atoms with Crippen LogP contribution in [0.5, 0.6) is 5.75 Å². The minimum Gasteiger partial charge on any atom is -0.473 e. The van der Waals surface area contributed by atoms with E-state index < -0.39 is 11.0 Å². The summed E-state index contributed by atoms with van der Waals surface area (Å²) in [5, 5.41) is 12.1. The Morgan fingerprint density at radius 2 is 1.79 bits per heavy atom. The van der Waals surface area contributed by atoms with E-state index in [0.717, 1.165) is 21.7 Å². The average molecular weight is 450 g/mol. The van der Waals surface area contributed by atoms with Crippen LogP contribution in [0.3, 0.4) is 0 Å². The van der Waals surface area contributed by atoms with Crippen molar-refractivity contribution < 1.29 is 4.74 Å². The normalized spacial score (nSPS) is 11.7. The lowest BCUT2D eigenvalue weighted by atomic mass is 9.93. The van der Waals surface area contributed by atoms with E-state index in [1.165, 1.54) is 0 Å². The molecule has 0 amide bonds. The Morgan fingerprint density at radius 3 is 2.39 bits per heavy atom. The van der Waals surface area contributed by atoms with E-state index in [-0.39, 0.29) is 5.95 Å². The third-order valence-corrected chi connectivity index (χ3v) is 4.94. The van der Waals surface area contributed by atoms with Crippen LogP contribution < -0.4 is 26.5 Å². The number of hydrogen-bond acceptors (Lipinski definition) is 8. The molecule has 0 spiro atoms.